The van der Waals surface area contributed by atoms with E-state index in [1.165, 1.54) is 0 Å². The molecule has 108 valence electrons. The first-order chi connectivity index (χ1) is 9.74. The van der Waals surface area contributed by atoms with Gasteiger partial charge < -0.3 is 19.9 Å². The van der Waals surface area contributed by atoms with E-state index in [0.717, 1.165) is 11.4 Å². The molecule has 0 saturated heterocycles. The van der Waals surface area contributed by atoms with Gasteiger partial charge in [-0.15, -0.1) is 0 Å². The topological polar surface area (TPSA) is 68.5 Å². The zero-order valence-electron chi connectivity index (χ0n) is 11.7. The van der Waals surface area contributed by atoms with Crippen molar-refractivity contribution in [1.29, 1.82) is 0 Å². The lowest BCUT2D eigenvalue weighted by molar-refractivity contribution is 0.196. The van der Waals surface area contributed by atoms with E-state index in [1.54, 1.807) is 13.3 Å². The molecule has 2 aromatic rings. The van der Waals surface area contributed by atoms with Crippen LogP contribution in [-0.2, 0) is 13.6 Å². The molecular formula is C14H19N3O3. The van der Waals surface area contributed by atoms with Gasteiger partial charge in [0.25, 0.3) is 0 Å². The predicted octanol–water partition coefficient (Wildman–Crippen LogP) is 1.41. The molecule has 0 aliphatic carbocycles. The molecular weight excluding hydrogens is 258 g/mol. The van der Waals surface area contributed by atoms with Crippen molar-refractivity contribution in [1.82, 2.24) is 9.78 Å². The molecule has 1 aromatic heterocycles. The third-order valence-corrected chi connectivity index (χ3v) is 2.91. The molecule has 6 heteroatoms. The number of ether oxygens (including phenoxy) is 2. The molecule has 0 amide bonds. The summed E-state index contributed by atoms with van der Waals surface area (Å²) in [5, 5.41) is 16.2. The first kappa shape index (κ1) is 14.2. The second-order valence-electron chi connectivity index (χ2n) is 4.24. The van der Waals surface area contributed by atoms with Crippen molar-refractivity contribution in [2.75, 3.05) is 25.6 Å². The summed E-state index contributed by atoms with van der Waals surface area (Å²) in [6, 6.07) is 7.56. The summed E-state index contributed by atoms with van der Waals surface area (Å²) >= 11 is 0. The van der Waals surface area contributed by atoms with Crippen LogP contribution in [0.3, 0.4) is 0 Å². The summed E-state index contributed by atoms with van der Waals surface area (Å²) in [5.74, 6) is 1.25. The van der Waals surface area contributed by atoms with Gasteiger partial charge in [-0.05, 0) is 18.2 Å². The maximum Gasteiger partial charge on any atom is 0.163 e. The Kier molecular flexibility index (Phi) is 4.84. The highest BCUT2D eigenvalue weighted by Crippen LogP contribution is 2.30. The minimum absolute atomic E-state index is 0.0319. The van der Waals surface area contributed by atoms with Gasteiger partial charge in [0.15, 0.2) is 11.5 Å². The molecule has 6 nitrogen and oxygen atoms in total. The number of benzene rings is 1. The van der Waals surface area contributed by atoms with Gasteiger partial charge in [-0.1, -0.05) is 0 Å². The Labute approximate surface area is 117 Å². The van der Waals surface area contributed by atoms with Crippen molar-refractivity contribution < 1.29 is 14.6 Å². The van der Waals surface area contributed by atoms with Crippen molar-refractivity contribution in [2.24, 2.45) is 7.05 Å². The van der Waals surface area contributed by atoms with E-state index in [1.807, 2.05) is 36.0 Å². The molecule has 0 radical (unpaired) electrons. The Morgan fingerprint density at radius 2 is 2.15 bits per heavy atom. The molecule has 0 aliphatic rings. The Morgan fingerprint density at radius 1 is 1.30 bits per heavy atom. The molecule has 2 rings (SSSR count). The van der Waals surface area contributed by atoms with Crippen LogP contribution in [0, 0.1) is 0 Å². The summed E-state index contributed by atoms with van der Waals surface area (Å²) in [5.41, 5.74) is 2.00. The largest absolute Gasteiger partial charge is 0.493 e. The van der Waals surface area contributed by atoms with E-state index in [-0.39, 0.29) is 13.2 Å². The van der Waals surface area contributed by atoms with Gasteiger partial charge in [-0.3, -0.25) is 4.68 Å². The van der Waals surface area contributed by atoms with Gasteiger partial charge in [0.1, 0.15) is 6.61 Å². The van der Waals surface area contributed by atoms with Crippen molar-refractivity contribution in [3.8, 4) is 11.5 Å². The quantitative estimate of drug-likeness (QED) is 0.801. The number of nitrogens with one attached hydrogen (secondary N) is 1. The molecule has 0 unspecified atom stereocenters. The van der Waals surface area contributed by atoms with Crippen molar-refractivity contribution >= 4 is 5.69 Å². The average Bonchev–Trinajstić information content (AvgIpc) is 2.88. The van der Waals surface area contributed by atoms with Gasteiger partial charge in [0.2, 0.25) is 0 Å². The molecule has 0 atom stereocenters. The Hall–Kier alpha value is -2.21. The van der Waals surface area contributed by atoms with E-state index >= 15 is 0 Å². The number of hydrogen-bond donors (Lipinski definition) is 2. The van der Waals surface area contributed by atoms with Gasteiger partial charge in [-0.25, -0.2) is 0 Å². The molecule has 1 heterocycles. The highest BCUT2D eigenvalue weighted by Gasteiger charge is 2.06. The molecule has 0 spiro atoms. The molecule has 0 saturated carbocycles. The monoisotopic (exact) mass is 277 g/mol. The number of anilines is 1. The van der Waals surface area contributed by atoms with Crippen LogP contribution in [0.1, 0.15) is 5.69 Å². The molecule has 1 aromatic carbocycles. The summed E-state index contributed by atoms with van der Waals surface area (Å²) in [7, 11) is 3.49. The number of aromatic nitrogens is 2. The van der Waals surface area contributed by atoms with E-state index in [9.17, 15) is 0 Å². The van der Waals surface area contributed by atoms with E-state index in [4.69, 9.17) is 14.6 Å². The van der Waals surface area contributed by atoms with E-state index in [0.29, 0.717) is 18.0 Å². The molecule has 0 bridgehead atoms. The van der Waals surface area contributed by atoms with Gasteiger partial charge in [0.05, 0.1) is 26.0 Å². The minimum atomic E-state index is -0.0319. The zero-order chi connectivity index (χ0) is 14.4. The van der Waals surface area contributed by atoms with Gasteiger partial charge >= 0.3 is 0 Å². The third-order valence-electron chi connectivity index (χ3n) is 2.91. The maximum absolute atomic E-state index is 8.83. The normalized spacial score (nSPS) is 10.3. The maximum atomic E-state index is 8.83. The highest BCUT2D eigenvalue weighted by molar-refractivity contribution is 5.54. The van der Waals surface area contributed by atoms with Crippen LogP contribution in [0.25, 0.3) is 0 Å². The molecule has 20 heavy (non-hydrogen) atoms. The van der Waals surface area contributed by atoms with Crippen molar-refractivity contribution in [3.05, 3.63) is 36.2 Å². The van der Waals surface area contributed by atoms with Crippen LogP contribution < -0.4 is 14.8 Å². The zero-order valence-corrected chi connectivity index (χ0v) is 11.7. The summed E-state index contributed by atoms with van der Waals surface area (Å²) < 4.78 is 12.5. The van der Waals surface area contributed by atoms with Crippen LogP contribution in [0.4, 0.5) is 5.69 Å². The lowest BCUT2D eigenvalue weighted by Crippen LogP contribution is -2.06. The van der Waals surface area contributed by atoms with Crippen LogP contribution in [0.15, 0.2) is 30.5 Å². The number of rotatable bonds is 7. The Bertz CT molecular complexity index is 554. The number of aryl methyl sites for hydroxylation is 1. The smallest absolute Gasteiger partial charge is 0.163 e. The second-order valence-corrected chi connectivity index (χ2v) is 4.24. The predicted molar refractivity (Wildman–Crippen MR) is 76.1 cm³/mol. The van der Waals surface area contributed by atoms with Crippen molar-refractivity contribution in [3.63, 3.8) is 0 Å². The van der Waals surface area contributed by atoms with Crippen molar-refractivity contribution in [2.45, 2.75) is 6.54 Å². The SMILES string of the molecule is COc1ccc(NCc2ccnn2C)cc1OCCO. The fraction of sp³-hybridized carbons (Fsp3) is 0.357. The van der Waals surface area contributed by atoms with Gasteiger partial charge in [0, 0.05) is 25.0 Å². The minimum Gasteiger partial charge on any atom is -0.493 e. The summed E-state index contributed by atoms with van der Waals surface area (Å²) in [4.78, 5) is 0. The first-order valence-electron chi connectivity index (χ1n) is 6.37. The molecule has 0 aliphatic heterocycles. The van der Waals surface area contributed by atoms with Crippen LogP contribution in [-0.4, -0.2) is 35.2 Å². The summed E-state index contributed by atoms with van der Waals surface area (Å²) in [6.07, 6.45) is 1.76. The van der Waals surface area contributed by atoms with E-state index in [2.05, 4.69) is 10.4 Å². The Morgan fingerprint density at radius 3 is 2.80 bits per heavy atom. The number of aliphatic hydroxyl groups excluding tert-OH is 1. The second kappa shape index (κ2) is 6.81. The van der Waals surface area contributed by atoms with Gasteiger partial charge in [-0.2, -0.15) is 5.10 Å². The third kappa shape index (κ3) is 3.42. The lowest BCUT2D eigenvalue weighted by atomic mass is 10.2. The number of hydrogen-bond acceptors (Lipinski definition) is 5. The lowest BCUT2D eigenvalue weighted by Gasteiger charge is -2.13. The first-order valence-corrected chi connectivity index (χ1v) is 6.37. The number of methoxy groups -OCH3 is 1. The van der Waals surface area contributed by atoms with Crippen LogP contribution in [0.2, 0.25) is 0 Å². The Balaban J connectivity index is 2.06. The average molecular weight is 277 g/mol. The highest BCUT2D eigenvalue weighted by atomic mass is 16.5. The fourth-order valence-corrected chi connectivity index (χ4v) is 1.82. The van der Waals surface area contributed by atoms with Crippen LogP contribution in [0.5, 0.6) is 11.5 Å². The molecule has 2 N–H and O–H groups in total. The standard InChI is InChI=1S/C14H19N3O3/c1-17-12(5-6-16-17)10-15-11-3-4-13(19-2)14(9-11)20-8-7-18/h3-6,9,15,18H,7-8,10H2,1-2H3. The summed E-state index contributed by atoms with van der Waals surface area (Å²) in [6.45, 7) is 0.875. The number of aliphatic hydroxyl groups is 1. The van der Waals surface area contributed by atoms with E-state index < -0.39 is 0 Å². The fourth-order valence-electron chi connectivity index (χ4n) is 1.82. The number of nitrogens with zero attached hydrogens (tertiary/aromatic N) is 2. The van der Waals surface area contributed by atoms with Crippen LogP contribution >= 0.6 is 0 Å². The molecule has 0 fully saturated rings.